The van der Waals surface area contributed by atoms with Gasteiger partial charge in [-0.1, -0.05) is 0 Å². The van der Waals surface area contributed by atoms with E-state index in [1.54, 1.807) is 17.4 Å². The maximum Gasteiger partial charge on any atom is 0.123 e. The molecule has 0 saturated carbocycles. The number of alkyl halides is 1. The van der Waals surface area contributed by atoms with E-state index in [0.29, 0.717) is 6.42 Å². The highest BCUT2D eigenvalue weighted by atomic mass is 32.1. The largest absolute Gasteiger partial charge is 0.315 e. The number of fused-ring (bicyclic) bond motifs is 1. The van der Waals surface area contributed by atoms with E-state index < -0.39 is 6.17 Å². The summed E-state index contributed by atoms with van der Waals surface area (Å²) in [7, 11) is 1.94. The third-order valence-electron chi connectivity index (χ3n) is 2.59. The summed E-state index contributed by atoms with van der Waals surface area (Å²) >= 11 is 1.77. The van der Waals surface area contributed by atoms with Crippen molar-refractivity contribution in [1.82, 2.24) is 5.32 Å². The van der Waals surface area contributed by atoms with E-state index in [2.05, 4.69) is 12.2 Å². The molecule has 3 heteroatoms. The Bertz CT molecular complexity index is 368. The van der Waals surface area contributed by atoms with Crippen molar-refractivity contribution in [3.63, 3.8) is 0 Å². The minimum absolute atomic E-state index is 0.553. The van der Waals surface area contributed by atoms with Gasteiger partial charge in [-0.25, -0.2) is 4.39 Å². The molecule has 1 aliphatic rings. The summed E-state index contributed by atoms with van der Waals surface area (Å²) in [6.07, 6.45) is 3.33. The minimum Gasteiger partial charge on any atom is -0.315 e. The molecule has 76 valence electrons. The first-order valence-electron chi connectivity index (χ1n) is 4.80. The number of hydrogen-bond acceptors (Lipinski definition) is 2. The Labute approximate surface area is 87.6 Å². The molecular weight excluding hydrogens is 197 g/mol. The van der Waals surface area contributed by atoms with Crippen LogP contribution in [0.4, 0.5) is 4.39 Å². The smallest absolute Gasteiger partial charge is 0.123 e. The summed E-state index contributed by atoms with van der Waals surface area (Å²) < 4.78 is 13.1. The molecule has 1 unspecified atom stereocenters. The molecular formula is C11H14FNS. The van der Waals surface area contributed by atoms with E-state index in [0.717, 1.165) is 6.54 Å². The highest BCUT2D eigenvalue weighted by Crippen LogP contribution is 2.33. The maximum absolute atomic E-state index is 13.1. The van der Waals surface area contributed by atoms with Crippen molar-refractivity contribution < 1.29 is 4.39 Å². The Kier molecular flexibility index (Phi) is 2.70. The van der Waals surface area contributed by atoms with Crippen LogP contribution in [-0.2, 0) is 13.0 Å². The van der Waals surface area contributed by atoms with Gasteiger partial charge >= 0.3 is 0 Å². The fourth-order valence-electron chi connectivity index (χ4n) is 1.80. The monoisotopic (exact) mass is 211 g/mol. The zero-order valence-corrected chi connectivity index (χ0v) is 9.25. The van der Waals surface area contributed by atoms with E-state index in [-0.39, 0.29) is 0 Å². The van der Waals surface area contributed by atoms with Gasteiger partial charge in [0, 0.05) is 22.7 Å². The number of thiophene rings is 1. The van der Waals surface area contributed by atoms with Gasteiger partial charge in [-0.05, 0) is 37.3 Å². The molecule has 0 amide bonds. The van der Waals surface area contributed by atoms with Crippen LogP contribution in [0, 0.1) is 6.92 Å². The van der Waals surface area contributed by atoms with E-state index in [9.17, 15) is 4.39 Å². The first-order valence-corrected chi connectivity index (χ1v) is 5.62. The lowest BCUT2D eigenvalue weighted by Crippen LogP contribution is -2.07. The van der Waals surface area contributed by atoms with Crippen molar-refractivity contribution in [3.8, 4) is 0 Å². The first kappa shape index (κ1) is 9.87. The van der Waals surface area contributed by atoms with Crippen LogP contribution in [-0.4, -0.2) is 13.2 Å². The lowest BCUT2D eigenvalue weighted by molar-refractivity contribution is 0.397. The average Bonchev–Trinajstić information content (AvgIpc) is 2.46. The Morgan fingerprint density at radius 2 is 2.43 bits per heavy atom. The fraction of sp³-hybridized carbons (Fsp3) is 0.455. The number of rotatable bonds is 2. The van der Waals surface area contributed by atoms with Gasteiger partial charge in [-0.15, -0.1) is 11.3 Å². The summed E-state index contributed by atoms with van der Waals surface area (Å²) in [5.41, 5.74) is 2.47. The summed E-state index contributed by atoms with van der Waals surface area (Å²) in [4.78, 5) is 2.57. The summed E-state index contributed by atoms with van der Waals surface area (Å²) in [5, 5.41) is 3.14. The van der Waals surface area contributed by atoms with Gasteiger partial charge in [0.1, 0.15) is 6.17 Å². The van der Waals surface area contributed by atoms with Gasteiger partial charge < -0.3 is 5.32 Å². The van der Waals surface area contributed by atoms with Crippen molar-refractivity contribution in [2.24, 2.45) is 0 Å². The van der Waals surface area contributed by atoms with Gasteiger partial charge in [0.2, 0.25) is 0 Å². The van der Waals surface area contributed by atoms with E-state index in [4.69, 9.17) is 0 Å². The Balaban J connectivity index is 2.38. The molecule has 1 aliphatic carbocycles. The van der Waals surface area contributed by atoms with Gasteiger partial charge in [-0.2, -0.15) is 0 Å². The number of allylic oxidation sites excluding steroid dienone is 1. The molecule has 14 heavy (non-hydrogen) atoms. The topological polar surface area (TPSA) is 12.0 Å². The van der Waals surface area contributed by atoms with Gasteiger partial charge in [-0.3, -0.25) is 0 Å². The molecule has 1 atom stereocenters. The van der Waals surface area contributed by atoms with Gasteiger partial charge in [0.25, 0.3) is 0 Å². The molecule has 1 aromatic rings. The standard InChI is InChI=1S/C11H14FNS/c1-7-9-5-8(12)3-4-10(9)14-11(7)6-13-2/h3-4,8,13H,5-6H2,1-2H3. The van der Waals surface area contributed by atoms with E-state index >= 15 is 0 Å². The van der Waals surface area contributed by atoms with Crippen molar-refractivity contribution in [2.75, 3.05) is 7.05 Å². The lowest BCUT2D eigenvalue weighted by Gasteiger charge is -2.09. The second-order valence-corrected chi connectivity index (χ2v) is 4.74. The molecule has 1 nitrogen and oxygen atoms in total. The molecule has 0 saturated heterocycles. The van der Waals surface area contributed by atoms with Crippen LogP contribution in [0.1, 0.15) is 20.9 Å². The maximum atomic E-state index is 13.1. The first-order chi connectivity index (χ1) is 6.72. The normalized spacial score (nSPS) is 19.8. The second kappa shape index (κ2) is 3.83. The molecule has 2 rings (SSSR count). The Morgan fingerprint density at radius 1 is 1.64 bits per heavy atom. The SMILES string of the molecule is CNCc1sc2c(c1C)CC(F)C=C2. The van der Waals surface area contributed by atoms with Crippen LogP contribution in [0.2, 0.25) is 0 Å². The molecule has 0 bridgehead atoms. The molecule has 0 aromatic carbocycles. The van der Waals surface area contributed by atoms with Gasteiger partial charge in [0.15, 0.2) is 0 Å². The third-order valence-corrected chi connectivity index (χ3v) is 3.89. The van der Waals surface area contributed by atoms with Crippen LogP contribution in [0.3, 0.4) is 0 Å². The van der Waals surface area contributed by atoms with Crippen LogP contribution in [0.15, 0.2) is 6.08 Å². The van der Waals surface area contributed by atoms with Crippen molar-refractivity contribution in [3.05, 3.63) is 27.0 Å². The molecule has 1 N–H and O–H groups in total. The molecule has 0 aliphatic heterocycles. The van der Waals surface area contributed by atoms with E-state index in [1.807, 2.05) is 13.1 Å². The summed E-state index contributed by atoms with van der Waals surface area (Å²) in [6, 6.07) is 0. The van der Waals surface area contributed by atoms with Crippen LogP contribution >= 0.6 is 11.3 Å². The third kappa shape index (κ3) is 1.62. The van der Waals surface area contributed by atoms with Crippen LogP contribution in [0.5, 0.6) is 0 Å². The lowest BCUT2D eigenvalue weighted by atomic mass is 9.99. The fourth-order valence-corrected chi connectivity index (χ4v) is 3.06. The number of halogens is 1. The highest BCUT2D eigenvalue weighted by molar-refractivity contribution is 7.13. The predicted octanol–water partition coefficient (Wildman–Crippen LogP) is 2.68. The molecule has 0 radical (unpaired) electrons. The summed E-state index contributed by atoms with van der Waals surface area (Å²) in [5.74, 6) is 0. The predicted molar refractivity (Wildman–Crippen MR) is 59.5 cm³/mol. The minimum atomic E-state index is -0.793. The number of nitrogens with one attached hydrogen (secondary N) is 1. The van der Waals surface area contributed by atoms with Gasteiger partial charge in [0.05, 0.1) is 0 Å². The quantitative estimate of drug-likeness (QED) is 0.793. The highest BCUT2D eigenvalue weighted by Gasteiger charge is 2.19. The Morgan fingerprint density at radius 3 is 3.14 bits per heavy atom. The average molecular weight is 211 g/mol. The van der Waals surface area contributed by atoms with Crippen LogP contribution in [0.25, 0.3) is 6.08 Å². The zero-order chi connectivity index (χ0) is 10.1. The van der Waals surface area contributed by atoms with E-state index in [1.165, 1.54) is 20.9 Å². The second-order valence-electron chi connectivity index (χ2n) is 3.60. The van der Waals surface area contributed by atoms with Crippen molar-refractivity contribution in [1.29, 1.82) is 0 Å². The summed E-state index contributed by atoms with van der Waals surface area (Å²) in [6.45, 7) is 2.97. The Hall–Kier alpha value is -0.670. The zero-order valence-electron chi connectivity index (χ0n) is 8.43. The number of hydrogen-bond donors (Lipinski definition) is 1. The van der Waals surface area contributed by atoms with Crippen LogP contribution < -0.4 is 5.32 Å². The van der Waals surface area contributed by atoms with Crippen molar-refractivity contribution >= 4 is 17.4 Å². The molecule has 1 heterocycles. The van der Waals surface area contributed by atoms with Crippen molar-refractivity contribution in [2.45, 2.75) is 26.1 Å². The molecule has 1 aromatic heterocycles. The molecule has 0 fully saturated rings. The molecule has 0 spiro atoms.